The van der Waals surface area contributed by atoms with Crippen molar-refractivity contribution in [2.45, 2.75) is 19.4 Å². The lowest BCUT2D eigenvalue weighted by molar-refractivity contribution is -0.131. The maximum atomic E-state index is 12.8. The van der Waals surface area contributed by atoms with Gasteiger partial charge in [0.25, 0.3) is 0 Å². The van der Waals surface area contributed by atoms with Crippen LogP contribution >= 0.6 is 0 Å². The molecule has 2 aromatic heterocycles. The minimum atomic E-state index is -0.622. The summed E-state index contributed by atoms with van der Waals surface area (Å²) in [6.45, 7) is 1.56. The molecule has 2 N–H and O–H groups in total. The van der Waals surface area contributed by atoms with Crippen LogP contribution in [0.3, 0.4) is 0 Å². The Hall–Kier alpha value is -2.54. The lowest BCUT2D eigenvalue weighted by atomic mass is 9.82. The lowest BCUT2D eigenvalue weighted by Crippen LogP contribution is -2.43. The van der Waals surface area contributed by atoms with Gasteiger partial charge in [-0.2, -0.15) is 0 Å². The average Bonchev–Trinajstić information content (AvgIpc) is 3.07. The third-order valence-corrected chi connectivity index (χ3v) is 4.42. The Morgan fingerprint density at radius 3 is 2.71 bits per heavy atom. The number of rotatable bonds is 6. The Bertz CT molecular complexity index is 667. The Balaban J connectivity index is 1.68. The number of hydrogen-bond acceptors (Lipinski definition) is 6. The van der Waals surface area contributed by atoms with E-state index in [1.54, 1.807) is 24.7 Å². The number of hydrogen-bond donors (Lipinski definition) is 2. The van der Waals surface area contributed by atoms with Crippen LogP contribution in [0, 0.1) is 5.41 Å². The second-order valence-corrected chi connectivity index (χ2v) is 5.98. The Kier molecular flexibility index (Phi) is 5.00. The molecular formula is C17H21N5O2. The maximum absolute atomic E-state index is 12.8. The molecule has 2 aromatic rings. The second kappa shape index (κ2) is 7.35. The normalized spacial score (nSPS) is 20.1. The van der Waals surface area contributed by atoms with Gasteiger partial charge in [0, 0.05) is 38.3 Å². The molecule has 0 bridgehead atoms. The molecule has 3 heterocycles. The van der Waals surface area contributed by atoms with Crippen molar-refractivity contribution in [1.29, 1.82) is 0 Å². The Morgan fingerprint density at radius 2 is 2.00 bits per heavy atom. The van der Waals surface area contributed by atoms with Crippen LogP contribution in [0.1, 0.15) is 18.5 Å². The van der Waals surface area contributed by atoms with Gasteiger partial charge in [0.05, 0.1) is 17.7 Å². The molecule has 1 aliphatic heterocycles. The number of carbonyl (C=O) groups excluding carboxylic acids is 1. The first kappa shape index (κ1) is 16.3. The van der Waals surface area contributed by atoms with Gasteiger partial charge in [-0.1, -0.05) is 6.07 Å². The van der Waals surface area contributed by atoms with E-state index in [9.17, 15) is 9.90 Å². The predicted octanol–water partition coefficient (Wildman–Crippen LogP) is 0.767. The molecule has 1 saturated heterocycles. The van der Waals surface area contributed by atoms with Crippen molar-refractivity contribution in [1.82, 2.24) is 20.3 Å². The fourth-order valence-corrected chi connectivity index (χ4v) is 3.08. The zero-order valence-corrected chi connectivity index (χ0v) is 13.4. The number of aliphatic hydroxyl groups excluding tert-OH is 1. The minimum Gasteiger partial charge on any atom is -0.396 e. The van der Waals surface area contributed by atoms with Gasteiger partial charge < -0.3 is 15.3 Å². The van der Waals surface area contributed by atoms with Crippen molar-refractivity contribution in [3.8, 4) is 0 Å². The zero-order valence-electron chi connectivity index (χ0n) is 13.4. The molecule has 3 rings (SSSR count). The van der Waals surface area contributed by atoms with Gasteiger partial charge in [-0.3, -0.25) is 9.78 Å². The number of aromatic nitrogens is 3. The Labute approximate surface area is 140 Å². The zero-order chi connectivity index (χ0) is 16.8. The smallest absolute Gasteiger partial charge is 0.228 e. The second-order valence-electron chi connectivity index (χ2n) is 5.98. The van der Waals surface area contributed by atoms with Crippen LogP contribution in [0.4, 0.5) is 5.95 Å². The highest BCUT2D eigenvalue weighted by molar-refractivity contribution is 5.84. The predicted molar refractivity (Wildman–Crippen MR) is 89.1 cm³/mol. The summed E-state index contributed by atoms with van der Waals surface area (Å²) < 4.78 is 0. The molecule has 24 heavy (non-hydrogen) atoms. The Morgan fingerprint density at radius 1 is 1.21 bits per heavy atom. The van der Waals surface area contributed by atoms with Crippen molar-refractivity contribution in [3.63, 3.8) is 0 Å². The summed E-state index contributed by atoms with van der Waals surface area (Å²) >= 11 is 0. The molecule has 1 amide bonds. The number of anilines is 1. The summed E-state index contributed by atoms with van der Waals surface area (Å²) in [6.07, 6.45) is 6.17. The van der Waals surface area contributed by atoms with Crippen LogP contribution in [-0.2, 0) is 11.3 Å². The number of carbonyl (C=O) groups is 1. The van der Waals surface area contributed by atoms with E-state index < -0.39 is 5.41 Å². The first-order valence-corrected chi connectivity index (χ1v) is 8.04. The van der Waals surface area contributed by atoms with Gasteiger partial charge >= 0.3 is 0 Å². The van der Waals surface area contributed by atoms with E-state index in [1.165, 1.54) is 0 Å². The van der Waals surface area contributed by atoms with Gasteiger partial charge in [-0.25, -0.2) is 9.97 Å². The summed E-state index contributed by atoms with van der Waals surface area (Å²) in [5.41, 5.74) is 0.189. The van der Waals surface area contributed by atoms with Gasteiger partial charge in [0.15, 0.2) is 0 Å². The molecule has 1 unspecified atom stereocenters. The van der Waals surface area contributed by atoms with Crippen molar-refractivity contribution in [2.24, 2.45) is 5.41 Å². The fraction of sp³-hybridized carbons (Fsp3) is 0.412. The molecule has 0 spiro atoms. The molecular weight excluding hydrogens is 306 g/mol. The first-order chi connectivity index (χ1) is 11.7. The summed E-state index contributed by atoms with van der Waals surface area (Å²) in [5.74, 6) is 0.565. The van der Waals surface area contributed by atoms with Crippen molar-refractivity contribution >= 4 is 11.9 Å². The molecule has 126 valence electrons. The molecule has 1 atom stereocenters. The third-order valence-electron chi connectivity index (χ3n) is 4.42. The highest BCUT2D eigenvalue weighted by atomic mass is 16.3. The van der Waals surface area contributed by atoms with Crippen molar-refractivity contribution in [2.75, 3.05) is 24.6 Å². The lowest BCUT2D eigenvalue weighted by Gasteiger charge is -2.27. The van der Waals surface area contributed by atoms with Crippen LogP contribution in [-0.4, -0.2) is 45.7 Å². The van der Waals surface area contributed by atoms with E-state index in [-0.39, 0.29) is 12.5 Å². The monoisotopic (exact) mass is 327 g/mol. The maximum Gasteiger partial charge on any atom is 0.228 e. The van der Waals surface area contributed by atoms with Crippen LogP contribution in [0.15, 0.2) is 42.9 Å². The highest BCUT2D eigenvalue weighted by Crippen LogP contribution is 2.35. The van der Waals surface area contributed by atoms with Crippen molar-refractivity contribution in [3.05, 3.63) is 48.5 Å². The molecule has 1 fully saturated rings. The molecule has 0 aromatic carbocycles. The molecule has 7 heteroatoms. The molecule has 0 aliphatic carbocycles. The van der Waals surface area contributed by atoms with Gasteiger partial charge in [0.1, 0.15) is 0 Å². The third kappa shape index (κ3) is 3.51. The fourth-order valence-electron chi connectivity index (χ4n) is 3.08. The van der Waals surface area contributed by atoms with Crippen LogP contribution in [0.2, 0.25) is 0 Å². The van der Waals surface area contributed by atoms with E-state index in [1.807, 2.05) is 23.1 Å². The van der Waals surface area contributed by atoms with Crippen LogP contribution in [0.25, 0.3) is 0 Å². The quantitative estimate of drug-likeness (QED) is 0.814. The minimum absolute atomic E-state index is 0.0273. The largest absolute Gasteiger partial charge is 0.396 e. The number of nitrogens with one attached hydrogen (secondary N) is 1. The van der Waals surface area contributed by atoms with E-state index >= 15 is 0 Å². The molecule has 0 saturated carbocycles. The molecule has 0 radical (unpaired) electrons. The number of aliphatic hydroxyl groups is 1. The van der Waals surface area contributed by atoms with E-state index in [0.717, 1.165) is 5.69 Å². The summed E-state index contributed by atoms with van der Waals surface area (Å²) in [6, 6.07) is 7.37. The highest BCUT2D eigenvalue weighted by Gasteiger charge is 2.44. The SMILES string of the molecule is O=C(NCc1ccccn1)C1(CCO)CCN(c2ncccn2)C1. The average molecular weight is 327 g/mol. The topological polar surface area (TPSA) is 91.2 Å². The van der Waals surface area contributed by atoms with Gasteiger partial charge in [-0.15, -0.1) is 0 Å². The van der Waals surface area contributed by atoms with Crippen molar-refractivity contribution < 1.29 is 9.90 Å². The number of amides is 1. The summed E-state index contributed by atoms with van der Waals surface area (Å²) in [5, 5.41) is 12.4. The molecule has 1 aliphatic rings. The van der Waals surface area contributed by atoms with Gasteiger partial charge in [0.2, 0.25) is 11.9 Å². The van der Waals surface area contributed by atoms with E-state index in [0.29, 0.717) is 38.4 Å². The number of nitrogens with zero attached hydrogens (tertiary/aromatic N) is 4. The van der Waals surface area contributed by atoms with Crippen LogP contribution in [0.5, 0.6) is 0 Å². The first-order valence-electron chi connectivity index (χ1n) is 8.04. The van der Waals surface area contributed by atoms with E-state index in [4.69, 9.17) is 0 Å². The standard InChI is InChI=1S/C17H21N5O2/c23-11-6-17(15(24)21-12-14-4-1-2-7-18-14)5-10-22(13-17)16-19-8-3-9-20-16/h1-4,7-9,23H,5-6,10-13H2,(H,21,24). The number of pyridine rings is 1. The van der Waals surface area contributed by atoms with E-state index in [2.05, 4.69) is 20.3 Å². The summed E-state index contributed by atoms with van der Waals surface area (Å²) in [7, 11) is 0. The van der Waals surface area contributed by atoms with Crippen LogP contribution < -0.4 is 10.2 Å². The summed E-state index contributed by atoms with van der Waals surface area (Å²) in [4.78, 5) is 27.5. The van der Waals surface area contributed by atoms with Gasteiger partial charge in [-0.05, 0) is 31.0 Å². The molecule has 7 nitrogen and oxygen atoms in total.